The average molecular weight is 262 g/mol. The standard InChI is InChI=1S/C17H26S/c1-11-12(2)16(4,5)14-9-7-8-10-15(14)17(6,18)13(11)3/h7-13,18H,1-6H3. The van der Waals surface area contributed by atoms with Gasteiger partial charge in [-0.05, 0) is 41.2 Å². The van der Waals surface area contributed by atoms with Crippen molar-refractivity contribution in [2.24, 2.45) is 17.8 Å². The van der Waals surface area contributed by atoms with Crippen LogP contribution >= 0.6 is 12.6 Å². The predicted molar refractivity (Wildman–Crippen MR) is 83.3 cm³/mol. The maximum absolute atomic E-state index is 5.04. The molecule has 0 aromatic heterocycles. The Morgan fingerprint density at radius 2 is 1.39 bits per heavy atom. The number of fused-ring (bicyclic) bond motifs is 1. The van der Waals surface area contributed by atoms with Crippen molar-refractivity contribution in [1.29, 1.82) is 0 Å². The highest BCUT2D eigenvalue weighted by Crippen LogP contribution is 2.52. The molecule has 18 heavy (non-hydrogen) atoms. The van der Waals surface area contributed by atoms with Gasteiger partial charge in [0.25, 0.3) is 0 Å². The number of thiol groups is 1. The first-order chi connectivity index (χ1) is 8.20. The minimum Gasteiger partial charge on any atom is -0.168 e. The molecule has 1 heteroatoms. The van der Waals surface area contributed by atoms with Crippen LogP contribution in [-0.4, -0.2) is 0 Å². The van der Waals surface area contributed by atoms with Gasteiger partial charge in [0.1, 0.15) is 0 Å². The van der Waals surface area contributed by atoms with Crippen molar-refractivity contribution < 1.29 is 0 Å². The molecule has 0 spiro atoms. The van der Waals surface area contributed by atoms with E-state index in [0.717, 1.165) is 0 Å². The van der Waals surface area contributed by atoms with Gasteiger partial charge in [-0.1, -0.05) is 58.9 Å². The van der Waals surface area contributed by atoms with Crippen molar-refractivity contribution in [3.8, 4) is 0 Å². The molecule has 0 saturated heterocycles. The largest absolute Gasteiger partial charge is 0.168 e. The molecule has 4 unspecified atom stereocenters. The highest BCUT2D eigenvalue weighted by atomic mass is 32.1. The zero-order valence-corrected chi connectivity index (χ0v) is 13.4. The molecule has 0 aliphatic heterocycles. The molecule has 0 N–H and O–H groups in total. The average Bonchev–Trinajstić information content (AvgIpc) is 2.38. The highest BCUT2D eigenvalue weighted by Gasteiger charge is 2.46. The van der Waals surface area contributed by atoms with Gasteiger partial charge in [-0.2, -0.15) is 12.6 Å². The van der Waals surface area contributed by atoms with Crippen LogP contribution in [0.25, 0.3) is 0 Å². The van der Waals surface area contributed by atoms with E-state index in [4.69, 9.17) is 12.6 Å². The summed E-state index contributed by atoms with van der Waals surface area (Å²) in [6.45, 7) is 14.2. The molecule has 0 amide bonds. The molecule has 0 heterocycles. The topological polar surface area (TPSA) is 0 Å². The molecule has 1 aliphatic rings. The van der Waals surface area contributed by atoms with E-state index in [1.54, 1.807) is 0 Å². The summed E-state index contributed by atoms with van der Waals surface area (Å²) in [6.07, 6.45) is 0. The van der Waals surface area contributed by atoms with E-state index >= 15 is 0 Å². The van der Waals surface area contributed by atoms with Crippen molar-refractivity contribution in [3.63, 3.8) is 0 Å². The van der Waals surface area contributed by atoms with Crippen LogP contribution in [0, 0.1) is 17.8 Å². The fourth-order valence-corrected chi connectivity index (χ4v) is 4.01. The van der Waals surface area contributed by atoms with Crippen molar-refractivity contribution in [2.75, 3.05) is 0 Å². The smallest absolute Gasteiger partial charge is 0.0381 e. The molecule has 0 bridgehead atoms. The maximum Gasteiger partial charge on any atom is 0.0381 e. The number of hydrogen-bond donors (Lipinski definition) is 1. The van der Waals surface area contributed by atoms with Crippen molar-refractivity contribution in [1.82, 2.24) is 0 Å². The quantitative estimate of drug-likeness (QED) is 0.492. The predicted octanol–water partition coefficient (Wildman–Crippen LogP) is 5.03. The monoisotopic (exact) mass is 262 g/mol. The fourth-order valence-electron chi connectivity index (χ4n) is 3.58. The molecule has 2 rings (SSSR count). The summed E-state index contributed by atoms with van der Waals surface area (Å²) < 4.78 is -0.0436. The van der Waals surface area contributed by atoms with E-state index in [1.807, 2.05) is 0 Å². The van der Waals surface area contributed by atoms with Gasteiger partial charge in [-0.3, -0.25) is 0 Å². The van der Waals surface area contributed by atoms with Crippen LogP contribution in [0.1, 0.15) is 52.7 Å². The molecule has 4 atom stereocenters. The third-order valence-corrected chi connectivity index (χ3v) is 6.42. The number of benzene rings is 1. The summed E-state index contributed by atoms with van der Waals surface area (Å²) in [5.41, 5.74) is 3.11. The summed E-state index contributed by atoms with van der Waals surface area (Å²) in [7, 11) is 0. The molecule has 0 saturated carbocycles. The molecule has 1 aromatic carbocycles. The van der Waals surface area contributed by atoms with E-state index in [1.165, 1.54) is 11.1 Å². The fraction of sp³-hybridized carbons (Fsp3) is 0.647. The first-order valence-electron chi connectivity index (χ1n) is 7.03. The normalized spacial score (nSPS) is 38.9. The van der Waals surface area contributed by atoms with Crippen LogP contribution in [0.5, 0.6) is 0 Å². The Hall–Kier alpha value is -0.430. The lowest BCUT2D eigenvalue weighted by Gasteiger charge is -2.37. The molecule has 0 nitrogen and oxygen atoms in total. The Balaban J connectivity index is 2.73. The van der Waals surface area contributed by atoms with E-state index in [2.05, 4.69) is 65.8 Å². The number of rotatable bonds is 0. The molecule has 0 radical (unpaired) electrons. The molecule has 1 aromatic rings. The van der Waals surface area contributed by atoms with E-state index in [-0.39, 0.29) is 10.2 Å². The summed E-state index contributed by atoms with van der Waals surface area (Å²) in [6, 6.07) is 8.88. The minimum absolute atomic E-state index is 0.0436. The summed E-state index contributed by atoms with van der Waals surface area (Å²) in [4.78, 5) is 0. The minimum atomic E-state index is -0.0436. The SMILES string of the molecule is CC1C(C)C(C)(C)c2ccccc2C(C)(S)C1C. The Labute approximate surface area is 118 Å². The Morgan fingerprint density at radius 1 is 0.889 bits per heavy atom. The van der Waals surface area contributed by atoms with Crippen LogP contribution in [0.15, 0.2) is 24.3 Å². The second-order valence-corrected chi connectivity index (χ2v) is 7.78. The van der Waals surface area contributed by atoms with Crippen LogP contribution in [0.3, 0.4) is 0 Å². The van der Waals surface area contributed by atoms with Crippen LogP contribution < -0.4 is 0 Å². The summed E-state index contributed by atoms with van der Waals surface area (Å²) in [5, 5.41) is 0. The zero-order chi connectivity index (χ0) is 13.7. The maximum atomic E-state index is 5.04. The van der Waals surface area contributed by atoms with Gasteiger partial charge < -0.3 is 0 Å². The van der Waals surface area contributed by atoms with E-state index in [0.29, 0.717) is 17.8 Å². The lowest BCUT2D eigenvalue weighted by molar-refractivity contribution is 0.185. The number of hydrogen-bond acceptors (Lipinski definition) is 1. The Bertz CT molecular complexity index is 404. The second kappa shape index (κ2) is 4.30. The molecular weight excluding hydrogens is 236 g/mol. The molecule has 1 aliphatic carbocycles. The summed E-state index contributed by atoms with van der Waals surface area (Å²) >= 11 is 5.04. The van der Waals surface area contributed by atoms with Gasteiger partial charge in [-0.25, -0.2) is 0 Å². The first kappa shape index (κ1) is 14.0. The van der Waals surface area contributed by atoms with Crippen LogP contribution in [0.4, 0.5) is 0 Å². The Kier molecular flexibility index (Phi) is 3.34. The third kappa shape index (κ3) is 1.82. The van der Waals surface area contributed by atoms with Crippen molar-refractivity contribution in [3.05, 3.63) is 35.4 Å². The van der Waals surface area contributed by atoms with Gasteiger partial charge in [0.2, 0.25) is 0 Å². The highest BCUT2D eigenvalue weighted by molar-refractivity contribution is 7.81. The van der Waals surface area contributed by atoms with Gasteiger partial charge >= 0.3 is 0 Å². The van der Waals surface area contributed by atoms with Crippen LogP contribution in [-0.2, 0) is 10.2 Å². The lowest BCUT2D eigenvalue weighted by atomic mass is 9.68. The Morgan fingerprint density at radius 3 is 1.94 bits per heavy atom. The summed E-state index contributed by atoms with van der Waals surface area (Å²) in [5.74, 6) is 1.89. The lowest BCUT2D eigenvalue weighted by Crippen LogP contribution is -2.33. The first-order valence-corrected chi connectivity index (χ1v) is 7.47. The van der Waals surface area contributed by atoms with Crippen molar-refractivity contribution in [2.45, 2.75) is 51.7 Å². The van der Waals surface area contributed by atoms with Gasteiger partial charge in [0.05, 0.1) is 0 Å². The molecular formula is C17H26S. The van der Waals surface area contributed by atoms with Gasteiger partial charge in [-0.15, -0.1) is 0 Å². The van der Waals surface area contributed by atoms with E-state index in [9.17, 15) is 0 Å². The molecule has 100 valence electrons. The van der Waals surface area contributed by atoms with E-state index < -0.39 is 0 Å². The third-order valence-electron chi connectivity index (χ3n) is 5.77. The molecule has 0 fully saturated rings. The zero-order valence-electron chi connectivity index (χ0n) is 12.5. The van der Waals surface area contributed by atoms with Gasteiger partial charge in [0, 0.05) is 4.75 Å². The van der Waals surface area contributed by atoms with Crippen LogP contribution in [0.2, 0.25) is 0 Å². The van der Waals surface area contributed by atoms with Gasteiger partial charge in [0.15, 0.2) is 0 Å². The second-order valence-electron chi connectivity index (χ2n) is 6.85. The van der Waals surface area contributed by atoms with Crippen molar-refractivity contribution >= 4 is 12.6 Å².